The van der Waals surface area contributed by atoms with Crippen molar-refractivity contribution in [3.8, 4) is 0 Å². The molecule has 0 spiro atoms. The van der Waals surface area contributed by atoms with Crippen molar-refractivity contribution in [2.75, 3.05) is 0 Å². The molecule has 8 atom stereocenters. The lowest BCUT2D eigenvalue weighted by molar-refractivity contribution is -0.147. The standard InChI is InChI=1S/C21H31NO3/c1-12(23)25-18-11-17-15-5-4-13-10-14(24)6-8-20(13,2)16(15)7-9-21(17,3)19(18)22/h6-8,13-15,17-19,24H,4-5,9-11,22H2,1-3H3/t13-,14+,15-,17+,18-,19+,20+,21+/m1/s1. The zero-order valence-corrected chi connectivity index (χ0v) is 15.6. The lowest BCUT2D eigenvalue weighted by Crippen LogP contribution is -2.50. The van der Waals surface area contributed by atoms with Gasteiger partial charge in [-0.05, 0) is 55.3 Å². The van der Waals surface area contributed by atoms with Gasteiger partial charge in [0.2, 0.25) is 0 Å². The Morgan fingerprint density at radius 3 is 2.80 bits per heavy atom. The Kier molecular flexibility index (Phi) is 3.93. The van der Waals surface area contributed by atoms with Crippen LogP contribution in [0.3, 0.4) is 0 Å². The lowest BCUT2D eigenvalue weighted by atomic mass is 9.50. The predicted molar refractivity (Wildman–Crippen MR) is 96.5 cm³/mol. The summed E-state index contributed by atoms with van der Waals surface area (Å²) in [5.41, 5.74) is 8.19. The molecule has 4 aliphatic carbocycles. The van der Waals surface area contributed by atoms with Gasteiger partial charge in [0, 0.05) is 18.4 Å². The molecule has 0 aliphatic heterocycles. The first kappa shape index (κ1) is 17.3. The van der Waals surface area contributed by atoms with E-state index in [2.05, 4.69) is 26.0 Å². The first-order chi connectivity index (χ1) is 11.8. The van der Waals surface area contributed by atoms with Crippen molar-refractivity contribution < 1.29 is 14.6 Å². The molecule has 25 heavy (non-hydrogen) atoms. The smallest absolute Gasteiger partial charge is 0.302 e. The Bertz CT molecular complexity index is 641. The fourth-order valence-corrected chi connectivity index (χ4v) is 6.45. The summed E-state index contributed by atoms with van der Waals surface area (Å²) in [5.74, 6) is 1.30. The molecule has 4 nitrogen and oxygen atoms in total. The van der Waals surface area contributed by atoms with Gasteiger partial charge in [-0.15, -0.1) is 0 Å². The monoisotopic (exact) mass is 345 g/mol. The van der Waals surface area contributed by atoms with E-state index >= 15 is 0 Å². The molecular weight excluding hydrogens is 314 g/mol. The van der Waals surface area contributed by atoms with E-state index in [1.54, 1.807) is 5.57 Å². The fraction of sp³-hybridized carbons (Fsp3) is 0.762. The van der Waals surface area contributed by atoms with Gasteiger partial charge >= 0.3 is 5.97 Å². The molecule has 4 aliphatic rings. The highest BCUT2D eigenvalue weighted by Crippen LogP contribution is 2.63. The third kappa shape index (κ3) is 2.44. The van der Waals surface area contributed by atoms with Gasteiger partial charge in [-0.25, -0.2) is 0 Å². The molecule has 0 heterocycles. The SMILES string of the molecule is CC(=O)O[C@@H]1C[C@H]2[C@@H]3CC[C@@H]4C[C@@H](O)C=C[C@]4(C)C3=CC[C@]2(C)[C@H]1N. The normalized spacial score (nSPS) is 51.2. The molecule has 0 aromatic rings. The van der Waals surface area contributed by atoms with Crippen LogP contribution in [-0.2, 0) is 9.53 Å². The second-order valence-electron chi connectivity index (χ2n) is 9.21. The summed E-state index contributed by atoms with van der Waals surface area (Å²) in [6.45, 7) is 6.11. The summed E-state index contributed by atoms with van der Waals surface area (Å²) in [6.07, 6.45) is 11.2. The van der Waals surface area contributed by atoms with Crippen LogP contribution in [0.1, 0.15) is 52.9 Å². The van der Waals surface area contributed by atoms with Crippen LogP contribution in [0.5, 0.6) is 0 Å². The molecule has 3 N–H and O–H groups in total. The van der Waals surface area contributed by atoms with Crippen LogP contribution in [0.4, 0.5) is 0 Å². The van der Waals surface area contributed by atoms with Crippen LogP contribution in [-0.4, -0.2) is 29.3 Å². The van der Waals surface area contributed by atoms with E-state index in [0.29, 0.717) is 17.8 Å². The Balaban J connectivity index is 1.67. The number of hydrogen-bond acceptors (Lipinski definition) is 4. The average molecular weight is 345 g/mol. The van der Waals surface area contributed by atoms with Crippen molar-refractivity contribution in [3.05, 3.63) is 23.8 Å². The highest BCUT2D eigenvalue weighted by molar-refractivity contribution is 5.66. The van der Waals surface area contributed by atoms with Crippen LogP contribution >= 0.6 is 0 Å². The Morgan fingerprint density at radius 2 is 2.08 bits per heavy atom. The second-order valence-corrected chi connectivity index (χ2v) is 9.21. The summed E-state index contributed by atoms with van der Waals surface area (Å²) in [4.78, 5) is 11.5. The number of esters is 1. The third-order valence-electron chi connectivity index (χ3n) is 7.95. The third-order valence-corrected chi connectivity index (χ3v) is 7.95. The molecule has 0 unspecified atom stereocenters. The summed E-state index contributed by atoms with van der Waals surface area (Å²) >= 11 is 0. The molecular formula is C21H31NO3. The van der Waals surface area contributed by atoms with Crippen molar-refractivity contribution in [2.45, 2.75) is 71.1 Å². The average Bonchev–Trinajstić information content (AvgIpc) is 2.79. The van der Waals surface area contributed by atoms with E-state index in [4.69, 9.17) is 10.5 Å². The molecule has 4 rings (SSSR count). The van der Waals surface area contributed by atoms with E-state index in [1.165, 1.54) is 6.92 Å². The lowest BCUT2D eigenvalue weighted by Gasteiger charge is -2.54. The highest BCUT2D eigenvalue weighted by atomic mass is 16.5. The van der Waals surface area contributed by atoms with Crippen molar-refractivity contribution in [3.63, 3.8) is 0 Å². The molecule has 0 bridgehead atoms. The summed E-state index contributed by atoms with van der Waals surface area (Å²) in [5, 5.41) is 10.0. The zero-order valence-electron chi connectivity index (χ0n) is 15.6. The van der Waals surface area contributed by atoms with Gasteiger partial charge in [0.05, 0.1) is 6.10 Å². The molecule has 4 heteroatoms. The Morgan fingerprint density at radius 1 is 1.32 bits per heavy atom. The van der Waals surface area contributed by atoms with E-state index in [-0.39, 0.29) is 35.0 Å². The van der Waals surface area contributed by atoms with Crippen LogP contribution < -0.4 is 5.73 Å². The second kappa shape index (κ2) is 5.68. The molecule has 2 fully saturated rings. The minimum atomic E-state index is -0.294. The number of hydrogen-bond donors (Lipinski definition) is 2. The summed E-state index contributed by atoms with van der Waals surface area (Å²) in [6, 6.07) is -0.0894. The van der Waals surface area contributed by atoms with Gasteiger partial charge in [-0.1, -0.05) is 37.6 Å². The van der Waals surface area contributed by atoms with Gasteiger partial charge in [-0.2, -0.15) is 0 Å². The highest BCUT2D eigenvalue weighted by Gasteiger charge is 2.59. The Hall–Kier alpha value is -1.13. The van der Waals surface area contributed by atoms with E-state index in [9.17, 15) is 9.90 Å². The van der Waals surface area contributed by atoms with Gasteiger partial charge in [0.15, 0.2) is 0 Å². The van der Waals surface area contributed by atoms with Gasteiger partial charge in [0.25, 0.3) is 0 Å². The van der Waals surface area contributed by atoms with Crippen molar-refractivity contribution in [1.29, 1.82) is 0 Å². The van der Waals surface area contributed by atoms with Gasteiger partial charge in [-0.3, -0.25) is 4.79 Å². The van der Waals surface area contributed by atoms with E-state index in [1.807, 2.05) is 6.08 Å². The summed E-state index contributed by atoms with van der Waals surface area (Å²) < 4.78 is 5.57. The van der Waals surface area contributed by atoms with Crippen LogP contribution in [0.2, 0.25) is 0 Å². The topological polar surface area (TPSA) is 72.5 Å². The largest absolute Gasteiger partial charge is 0.461 e. The maximum Gasteiger partial charge on any atom is 0.302 e. The van der Waals surface area contributed by atoms with Crippen LogP contribution in [0.15, 0.2) is 23.8 Å². The Labute approximate surface area is 150 Å². The zero-order chi connectivity index (χ0) is 18.0. The first-order valence-corrected chi connectivity index (χ1v) is 9.76. The molecule has 0 radical (unpaired) electrons. The quantitative estimate of drug-likeness (QED) is 0.566. The van der Waals surface area contributed by atoms with Crippen molar-refractivity contribution >= 4 is 5.97 Å². The number of fused-ring (bicyclic) bond motifs is 5. The first-order valence-electron chi connectivity index (χ1n) is 9.76. The number of allylic oxidation sites excluding steroid dienone is 3. The maximum absolute atomic E-state index is 11.5. The number of ether oxygens (including phenoxy) is 1. The summed E-state index contributed by atoms with van der Waals surface area (Å²) in [7, 11) is 0. The minimum absolute atomic E-state index is 0.00930. The number of carbonyl (C=O) groups excluding carboxylic acids is 1. The van der Waals surface area contributed by atoms with Gasteiger partial charge in [0.1, 0.15) is 6.10 Å². The molecule has 0 aromatic heterocycles. The molecule has 138 valence electrons. The van der Waals surface area contributed by atoms with E-state index in [0.717, 1.165) is 32.1 Å². The molecule has 2 saturated carbocycles. The van der Waals surface area contributed by atoms with Crippen molar-refractivity contribution in [1.82, 2.24) is 0 Å². The van der Waals surface area contributed by atoms with Crippen LogP contribution in [0, 0.1) is 28.6 Å². The minimum Gasteiger partial charge on any atom is -0.461 e. The molecule has 0 amide bonds. The number of carbonyl (C=O) groups is 1. The molecule has 0 saturated heterocycles. The molecule has 0 aromatic carbocycles. The number of aliphatic hydroxyl groups excluding tert-OH is 1. The van der Waals surface area contributed by atoms with Gasteiger partial charge < -0.3 is 15.6 Å². The maximum atomic E-state index is 11.5. The number of nitrogens with two attached hydrogens (primary N) is 1. The predicted octanol–water partition coefficient (Wildman–Crippen LogP) is 2.96. The van der Waals surface area contributed by atoms with E-state index < -0.39 is 0 Å². The number of rotatable bonds is 1. The van der Waals surface area contributed by atoms with Crippen LogP contribution in [0.25, 0.3) is 0 Å². The van der Waals surface area contributed by atoms with Crippen molar-refractivity contribution in [2.24, 2.45) is 34.3 Å². The number of aliphatic hydroxyl groups is 1. The fourth-order valence-electron chi connectivity index (χ4n) is 6.45.